The van der Waals surface area contributed by atoms with Crippen LogP contribution in [-0.2, 0) is 11.2 Å². The van der Waals surface area contributed by atoms with Crippen LogP contribution in [0, 0.1) is 0 Å². The molecule has 2 aromatic heterocycles. The quantitative estimate of drug-likeness (QED) is 0.890. The average Bonchev–Trinajstić information content (AvgIpc) is 2.85. The second kappa shape index (κ2) is 4.50. The summed E-state index contributed by atoms with van der Waals surface area (Å²) in [5, 5.41) is 20.1. The van der Waals surface area contributed by atoms with Gasteiger partial charge in [0, 0.05) is 6.42 Å². The average molecular weight is 240 g/mol. The molecule has 2 aromatic rings. The van der Waals surface area contributed by atoms with E-state index in [0.717, 1.165) is 14.9 Å². The Morgan fingerprint density at radius 3 is 3.00 bits per heavy atom. The van der Waals surface area contributed by atoms with Crippen molar-refractivity contribution in [1.82, 2.24) is 10.2 Å². The normalized spacial score (nSPS) is 10.4. The van der Waals surface area contributed by atoms with Gasteiger partial charge in [0.2, 0.25) is 0 Å². The van der Waals surface area contributed by atoms with E-state index >= 15 is 0 Å². The van der Waals surface area contributed by atoms with Gasteiger partial charge in [0.1, 0.15) is 5.01 Å². The van der Waals surface area contributed by atoms with E-state index in [4.69, 9.17) is 5.11 Å². The number of aliphatic carboxylic acids is 1. The molecule has 2 rings (SSSR count). The maximum absolute atomic E-state index is 10.4. The highest BCUT2D eigenvalue weighted by Crippen LogP contribution is 2.27. The first-order valence-corrected chi connectivity index (χ1v) is 6.03. The minimum absolute atomic E-state index is 0.110. The summed E-state index contributed by atoms with van der Waals surface area (Å²) in [6.07, 6.45) is 0.567. The lowest BCUT2D eigenvalue weighted by Gasteiger charge is -1.88. The van der Waals surface area contributed by atoms with Crippen LogP contribution in [0.4, 0.5) is 0 Å². The van der Waals surface area contributed by atoms with Gasteiger partial charge in [-0.15, -0.1) is 21.5 Å². The highest BCUT2D eigenvalue weighted by Gasteiger charge is 2.08. The summed E-state index contributed by atoms with van der Waals surface area (Å²) in [6.45, 7) is 0. The Labute approximate surface area is 94.2 Å². The van der Waals surface area contributed by atoms with E-state index in [1.807, 2.05) is 17.5 Å². The summed E-state index contributed by atoms with van der Waals surface area (Å²) >= 11 is 3.06. The summed E-state index contributed by atoms with van der Waals surface area (Å²) in [7, 11) is 0. The van der Waals surface area contributed by atoms with Gasteiger partial charge >= 0.3 is 5.97 Å². The van der Waals surface area contributed by atoms with Gasteiger partial charge in [-0.3, -0.25) is 4.79 Å². The minimum atomic E-state index is -0.803. The molecule has 0 aliphatic rings. The van der Waals surface area contributed by atoms with E-state index in [1.165, 1.54) is 11.3 Å². The van der Waals surface area contributed by atoms with Crippen molar-refractivity contribution < 1.29 is 9.90 Å². The molecule has 0 aliphatic carbocycles. The fraction of sp³-hybridized carbons (Fsp3) is 0.222. The van der Waals surface area contributed by atoms with Crippen LogP contribution in [0.15, 0.2) is 17.5 Å². The van der Waals surface area contributed by atoms with Gasteiger partial charge in [-0.1, -0.05) is 17.4 Å². The van der Waals surface area contributed by atoms with Crippen molar-refractivity contribution in [3.8, 4) is 9.88 Å². The van der Waals surface area contributed by atoms with Crippen LogP contribution in [0.1, 0.15) is 11.4 Å². The molecule has 0 aliphatic heterocycles. The van der Waals surface area contributed by atoms with Gasteiger partial charge in [-0.25, -0.2) is 0 Å². The molecule has 0 fully saturated rings. The van der Waals surface area contributed by atoms with E-state index in [2.05, 4.69) is 10.2 Å². The summed E-state index contributed by atoms with van der Waals surface area (Å²) in [6, 6.07) is 3.93. The van der Waals surface area contributed by atoms with Gasteiger partial charge in [0.15, 0.2) is 5.01 Å². The fourth-order valence-electron chi connectivity index (χ4n) is 1.07. The molecule has 0 bridgehead atoms. The molecule has 6 heteroatoms. The summed E-state index contributed by atoms with van der Waals surface area (Å²) in [4.78, 5) is 11.4. The monoisotopic (exact) mass is 240 g/mol. The molecule has 0 aromatic carbocycles. The van der Waals surface area contributed by atoms with Crippen molar-refractivity contribution in [2.45, 2.75) is 12.8 Å². The number of nitrogens with zero attached hydrogens (tertiary/aromatic N) is 2. The smallest absolute Gasteiger partial charge is 0.303 e. The molecule has 1 N–H and O–H groups in total. The predicted octanol–water partition coefficient (Wildman–Crippen LogP) is 2.28. The van der Waals surface area contributed by atoms with Crippen molar-refractivity contribution in [3.63, 3.8) is 0 Å². The number of carboxylic acids is 1. The van der Waals surface area contributed by atoms with Crippen LogP contribution in [0.2, 0.25) is 0 Å². The van der Waals surface area contributed by atoms with E-state index in [9.17, 15) is 4.79 Å². The predicted molar refractivity (Wildman–Crippen MR) is 59.2 cm³/mol. The van der Waals surface area contributed by atoms with Crippen LogP contribution >= 0.6 is 22.7 Å². The molecule has 0 atom stereocenters. The highest BCUT2D eigenvalue weighted by molar-refractivity contribution is 7.20. The third kappa shape index (κ3) is 2.60. The molecule has 0 unspecified atom stereocenters. The van der Waals surface area contributed by atoms with Gasteiger partial charge in [-0.2, -0.15) is 0 Å². The maximum atomic E-state index is 10.4. The highest BCUT2D eigenvalue weighted by atomic mass is 32.1. The Bertz CT molecular complexity index is 450. The number of hydrogen-bond donors (Lipinski definition) is 1. The van der Waals surface area contributed by atoms with Crippen LogP contribution in [0.5, 0.6) is 0 Å². The molecule has 4 nitrogen and oxygen atoms in total. The van der Waals surface area contributed by atoms with Gasteiger partial charge in [0.25, 0.3) is 0 Å². The van der Waals surface area contributed by atoms with Crippen LogP contribution in [0.3, 0.4) is 0 Å². The van der Waals surface area contributed by atoms with Crippen molar-refractivity contribution >= 4 is 28.6 Å². The van der Waals surface area contributed by atoms with Crippen LogP contribution in [0.25, 0.3) is 9.88 Å². The van der Waals surface area contributed by atoms with Crippen molar-refractivity contribution in [2.24, 2.45) is 0 Å². The Hall–Kier alpha value is -1.27. The van der Waals surface area contributed by atoms with Crippen molar-refractivity contribution in [2.75, 3.05) is 0 Å². The maximum Gasteiger partial charge on any atom is 0.303 e. The molecule has 15 heavy (non-hydrogen) atoms. The third-order valence-corrected chi connectivity index (χ3v) is 3.77. The Balaban J connectivity index is 2.08. The van der Waals surface area contributed by atoms with E-state index in [1.54, 1.807) is 11.3 Å². The SMILES string of the molecule is O=C(O)CCc1nnc(-c2cccs2)s1. The lowest BCUT2D eigenvalue weighted by atomic mass is 10.3. The second-order valence-electron chi connectivity index (χ2n) is 2.87. The summed E-state index contributed by atoms with van der Waals surface area (Å²) in [5.74, 6) is -0.803. The van der Waals surface area contributed by atoms with Crippen LogP contribution < -0.4 is 0 Å². The zero-order valence-corrected chi connectivity index (χ0v) is 9.35. The number of rotatable bonds is 4. The first-order valence-electron chi connectivity index (χ1n) is 4.34. The Morgan fingerprint density at radius 1 is 1.47 bits per heavy atom. The number of thiophene rings is 1. The number of aryl methyl sites for hydroxylation is 1. The molecule has 0 spiro atoms. The number of hydrogen-bond acceptors (Lipinski definition) is 5. The van der Waals surface area contributed by atoms with Gasteiger partial charge in [-0.05, 0) is 11.4 Å². The zero-order valence-electron chi connectivity index (χ0n) is 7.71. The second-order valence-corrected chi connectivity index (χ2v) is 4.88. The molecule has 2 heterocycles. The number of carboxylic acid groups (broad SMARTS) is 1. The van der Waals surface area contributed by atoms with Crippen molar-refractivity contribution in [1.29, 1.82) is 0 Å². The molecular formula is C9H8N2O2S2. The molecule has 0 saturated heterocycles. The summed E-state index contributed by atoms with van der Waals surface area (Å²) in [5.41, 5.74) is 0. The molecular weight excluding hydrogens is 232 g/mol. The standard InChI is InChI=1S/C9H8N2O2S2/c12-8(13)4-3-7-10-11-9(15-7)6-2-1-5-14-6/h1-2,5H,3-4H2,(H,12,13). The Kier molecular flexibility index (Phi) is 3.08. The molecule has 0 amide bonds. The topological polar surface area (TPSA) is 63.1 Å². The summed E-state index contributed by atoms with van der Waals surface area (Å²) < 4.78 is 0. The lowest BCUT2D eigenvalue weighted by Crippen LogP contribution is -1.96. The number of carbonyl (C=O) groups is 1. The van der Waals surface area contributed by atoms with Crippen molar-refractivity contribution in [3.05, 3.63) is 22.5 Å². The number of aromatic nitrogens is 2. The zero-order chi connectivity index (χ0) is 10.7. The first-order chi connectivity index (χ1) is 7.25. The van der Waals surface area contributed by atoms with Crippen LogP contribution in [-0.4, -0.2) is 21.3 Å². The molecule has 0 saturated carbocycles. The van der Waals surface area contributed by atoms with E-state index < -0.39 is 5.97 Å². The van der Waals surface area contributed by atoms with E-state index in [0.29, 0.717) is 6.42 Å². The fourth-order valence-corrected chi connectivity index (χ4v) is 2.70. The third-order valence-electron chi connectivity index (χ3n) is 1.75. The molecule has 78 valence electrons. The minimum Gasteiger partial charge on any atom is -0.481 e. The Morgan fingerprint density at radius 2 is 2.33 bits per heavy atom. The van der Waals surface area contributed by atoms with Gasteiger partial charge in [0.05, 0.1) is 11.3 Å². The van der Waals surface area contributed by atoms with Gasteiger partial charge < -0.3 is 5.11 Å². The van der Waals surface area contributed by atoms with E-state index in [-0.39, 0.29) is 6.42 Å². The first kappa shape index (κ1) is 10.3. The molecule has 0 radical (unpaired) electrons. The lowest BCUT2D eigenvalue weighted by molar-refractivity contribution is -0.136. The largest absolute Gasteiger partial charge is 0.481 e.